The molecule has 16 heavy (non-hydrogen) atoms. The minimum absolute atomic E-state index is 0.0820. The second kappa shape index (κ2) is 3.60. The Morgan fingerprint density at radius 1 is 0.938 bits per heavy atom. The van der Waals surface area contributed by atoms with Gasteiger partial charge in [0.05, 0.1) is 5.92 Å². The Balaban J connectivity index is 1.91. The van der Waals surface area contributed by atoms with Gasteiger partial charge in [-0.15, -0.1) is 0 Å². The molecule has 0 amide bonds. The zero-order valence-corrected chi connectivity index (χ0v) is 8.89. The average molecular weight is 208 g/mol. The molecule has 1 aliphatic rings. The molecule has 78 valence electrons. The van der Waals surface area contributed by atoms with E-state index in [0.29, 0.717) is 0 Å². The first-order chi connectivity index (χ1) is 7.86. The number of carbonyl (C=O) groups excluding carboxylic acids is 1. The van der Waals surface area contributed by atoms with Crippen molar-refractivity contribution in [1.82, 2.24) is 0 Å². The third-order valence-electron chi connectivity index (χ3n) is 3.23. The van der Waals surface area contributed by atoms with Gasteiger partial charge in [0.2, 0.25) is 0 Å². The summed E-state index contributed by atoms with van der Waals surface area (Å²) in [6.45, 7) is 0. The molecule has 3 rings (SSSR count). The first-order valence-electron chi connectivity index (χ1n) is 5.53. The Morgan fingerprint density at radius 2 is 1.62 bits per heavy atom. The van der Waals surface area contributed by atoms with E-state index in [9.17, 15) is 4.79 Å². The molecule has 2 aromatic rings. The molecule has 0 radical (unpaired) electrons. The van der Waals surface area contributed by atoms with Crippen molar-refractivity contribution in [2.75, 3.05) is 0 Å². The largest absolute Gasteiger partial charge is 0.293 e. The molecule has 0 unspecified atom stereocenters. The zero-order valence-electron chi connectivity index (χ0n) is 8.89. The van der Waals surface area contributed by atoms with E-state index in [1.165, 1.54) is 11.1 Å². The molecule has 0 N–H and O–H groups in total. The van der Waals surface area contributed by atoms with Crippen molar-refractivity contribution >= 4 is 5.78 Å². The van der Waals surface area contributed by atoms with E-state index in [0.717, 1.165) is 12.0 Å². The third kappa shape index (κ3) is 1.36. The van der Waals surface area contributed by atoms with E-state index in [-0.39, 0.29) is 11.7 Å². The third-order valence-corrected chi connectivity index (χ3v) is 3.23. The van der Waals surface area contributed by atoms with Crippen LogP contribution in [0.1, 0.15) is 27.4 Å². The number of ketones is 1. The van der Waals surface area contributed by atoms with Crippen LogP contribution in [-0.4, -0.2) is 5.78 Å². The van der Waals surface area contributed by atoms with E-state index < -0.39 is 0 Å². The Kier molecular flexibility index (Phi) is 2.10. The standard InChI is InChI=1S/C15H12O/c16-15(11-6-2-1-3-7-11)14-10-12-8-4-5-9-13(12)14/h1-9,14H,10H2/t14-/m1/s1. The van der Waals surface area contributed by atoms with Crippen LogP contribution in [0.2, 0.25) is 0 Å². The van der Waals surface area contributed by atoms with Gasteiger partial charge < -0.3 is 0 Å². The highest BCUT2D eigenvalue weighted by Gasteiger charge is 2.31. The Morgan fingerprint density at radius 3 is 2.38 bits per heavy atom. The quantitative estimate of drug-likeness (QED) is 0.692. The number of rotatable bonds is 2. The van der Waals surface area contributed by atoms with Gasteiger partial charge in [-0.05, 0) is 17.5 Å². The smallest absolute Gasteiger partial charge is 0.170 e. The van der Waals surface area contributed by atoms with Crippen LogP contribution in [0.3, 0.4) is 0 Å². The van der Waals surface area contributed by atoms with E-state index in [1.54, 1.807) is 0 Å². The maximum atomic E-state index is 12.2. The highest BCUT2D eigenvalue weighted by molar-refractivity contribution is 6.02. The first kappa shape index (κ1) is 9.34. The van der Waals surface area contributed by atoms with Gasteiger partial charge in [0.1, 0.15) is 0 Å². The normalized spacial score (nSPS) is 17.4. The second-order valence-corrected chi connectivity index (χ2v) is 4.19. The van der Waals surface area contributed by atoms with Gasteiger partial charge in [-0.25, -0.2) is 0 Å². The molecule has 0 aliphatic heterocycles. The summed E-state index contributed by atoms with van der Waals surface area (Å²) in [5, 5.41) is 0. The van der Waals surface area contributed by atoms with Gasteiger partial charge >= 0.3 is 0 Å². The van der Waals surface area contributed by atoms with Crippen molar-refractivity contribution in [3.05, 3.63) is 71.3 Å². The van der Waals surface area contributed by atoms with Gasteiger partial charge in [0.25, 0.3) is 0 Å². The summed E-state index contributed by atoms with van der Waals surface area (Å²) in [5.41, 5.74) is 3.34. The SMILES string of the molecule is O=C(c1ccccc1)[C@@H]1Cc2ccccc21. The second-order valence-electron chi connectivity index (χ2n) is 4.19. The molecule has 0 spiro atoms. The fourth-order valence-electron chi connectivity index (χ4n) is 2.30. The first-order valence-corrected chi connectivity index (χ1v) is 5.53. The molecule has 0 aromatic heterocycles. The summed E-state index contributed by atoms with van der Waals surface area (Å²) in [4.78, 5) is 12.2. The molecule has 1 aliphatic carbocycles. The van der Waals surface area contributed by atoms with E-state index in [2.05, 4.69) is 12.1 Å². The van der Waals surface area contributed by atoms with Gasteiger partial charge in [-0.1, -0.05) is 54.6 Å². The predicted octanol–water partition coefficient (Wildman–Crippen LogP) is 3.21. The lowest BCUT2D eigenvalue weighted by Gasteiger charge is -2.28. The molecule has 0 saturated carbocycles. The monoisotopic (exact) mass is 208 g/mol. The summed E-state index contributed by atoms with van der Waals surface area (Å²) < 4.78 is 0. The topological polar surface area (TPSA) is 17.1 Å². The van der Waals surface area contributed by atoms with E-state index in [4.69, 9.17) is 0 Å². The molecule has 0 bridgehead atoms. The molecule has 2 aromatic carbocycles. The number of fused-ring (bicyclic) bond motifs is 1. The molecular weight excluding hydrogens is 196 g/mol. The van der Waals surface area contributed by atoms with Gasteiger partial charge in [-0.2, -0.15) is 0 Å². The predicted molar refractivity (Wildman–Crippen MR) is 63.7 cm³/mol. The summed E-state index contributed by atoms with van der Waals surface area (Å²) in [6.07, 6.45) is 0.893. The molecular formula is C15H12O. The number of hydrogen-bond donors (Lipinski definition) is 0. The van der Waals surface area contributed by atoms with Crippen LogP contribution >= 0.6 is 0 Å². The Labute approximate surface area is 94.7 Å². The van der Waals surface area contributed by atoms with Crippen molar-refractivity contribution in [2.24, 2.45) is 0 Å². The maximum absolute atomic E-state index is 12.2. The lowest BCUT2D eigenvalue weighted by atomic mass is 9.74. The Bertz CT molecular complexity index is 528. The molecule has 1 nitrogen and oxygen atoms in total. The van der Waals surface area contributed by atoms with Crippen LogP contribution in [0, 0.1) is 0 Å². The van der Waals surface area contributed by atoms with Gasteiger partial charge in [0.15, 0.2) is 5.78 Å². The summed E-state index contributed by atoms with van der Waals surface area (Å²) in [7, 11) is 0. The summed E-state index contributed by atoms with van der Waals surface area (Å²) in [5.74, 6) is 0.331. The van der Waals surface area contributed by atoms with Crippen molar-refractivity contribution in [2.45, 2.75) is 12.3 Å². The number of hydrogen-bond acceptors (Lipinski definition) is 1. The van der Waals surface area contributed by atoms with Crippen LogP contribution in [0.5, 0.6) is 0 Å². The fraction of sp³-hybridized carbons (Fsp3) is 0.133. The van der Waals surface area contributed by atoms with Gasteiger partial charge in [0, 0.05) is 5.56 Å². The number of carbonyl (C=O) groups is 1. The molecule has 1 atom stereocenters. The van der Waals surface area contributed by atoms with E-state index >= 15 is 0 Å². The van der Waals surface area contributed by atoms with Crippen molar-refractivity contribution in [3.63, 3.8) is 0 Å². The van der Waals surface area contributed by atoms with Crippen LogP contribution in [0.4, 0.5) is 0 Å². The molecule has 0 heterocycles. The zero-order chi connectivity index (χ0) is 11.0. The summed E-state index contributed by atoms with van der Waals surface area (Å²) >= 11 is 0. The molecule has 0 saturated heterocycles. The van der Waals surface area contributed by atoms with Crippen LogP contribution in [0.15, 0.2) is 54.6 Å². The number of Topliss-reactive ketones (excluding diaryl/α,β-unsaturated/α-hetero) is 1. The molecule has 1 heteroatoms. The fourth-order valence-corrected chi connectivity index (χ4v) is 2.30. The Hall–Kier alpha value is -1.89. The highest BCUT2D eigenvalue weighted by Crippen LogP contribution is 2.36. The van der Waals surface area contributed by atoms with Crippen LogP contribution in [0.25, 0.3) is 0 Å². The molecule has 0 fully saturated rings. The lowest BCUT2D eigenvalue weighted by molar-refractivity contribution is 0.0949. The minimum atomic E-state index is 0.0820. The average Bonchev–Trinajstić information content (AvgIpc) is 2.32. The van der Waals surface area contributed by atoms with Crippen molar-refractivity contribution in [3.8, 4) is 0 Å². The number of benzene rings is 2. The maximum Gasteiger partial charge on any atom is 0.170 e. The van der Waals surface area contributed by atoms with Crippen LogP contribution in [-0.2, 0) is 6.42 Å². The van der Waals surface area contributed by atoms with E-state index in [1.807, 2.05) is 42.5 Å². The minimum Gasteiger partial charge on any atom is -0.293 e. The van der Waals surface area contributed by atoms with Gasteiger partial charge in [-0.3, -0.25) is 4.79 Å². The van der Waals surface area contributed by atoms with Crippen LogP contribution < -0.4 is 0 Å². The highest BCUT2D eigenvalue weighted by atomic mass is 16.1. The van der Waals surface area contributed by atoms with Crippen molar-refractivity contribution in [1.29, 1.82) is 0 Å². The lowest BCUT2D eigenvalue weighted by Crippen LogP contribution is -2.25. The van der Waals surface area contributed by atoms with Crippen molar-refractivity contribution < 1.29 is 4.79 Å². The summed E-state index contributed by atoms with van der Waals surface area (Å²) in [6, 6.07) is 17.7.